The first-order valence-electron chi connectivity index (χ1n) is 5.26. The average Bonchev–Trinajstić information content (AvgIpc) is 2.36. The highest BCUT2D eigenvalue weighted by molar-refractivity contribution is 5.89. The van der Waals surface area contributed by atoms with Crippen LogP contribution in [0.5, 0.6) is 0 Å². The lowest BCUT2D eigenvalue weighted by Crippen LogP contribution is -2.37. The molecule has 0 radical (unpaired) electrons. The van der Waals surface area contributed by atoms with Crippen LogP contribution in [-0.4, -0.2) is 46.2 Å². The van der Waals surface area contributed by atoms with Crippen LogP contribution in [0, 0.1) is 0 Å². The Hall–Kier alpha value is -1.43. The molecule has 0 aliphatic carbocycles. The first-order chi connectivity index (χ1) is 8.11. The van der Waals surface area contributed by atoms with Gasteiger partial charge in [0.15, 0.2) is 0 Å². The highest BCUT2D eigenvalue weighted by atomic mass is 16.4. The van der Waals surface area contributed by atoms with Crippen molar-refractivity contribution >= 4 is 5.97 Å². The van der Waals surface area contributed by atoms with E-state index >= 15 is 0 Å². The molecule has 0 unspecified atom stereocenters. The molecule has 0 aromatic heterocycles. The fraction of sp³-hybridized carbons (Fsp3) is 0.417. The predicted octanol–water partition coefficient (Wildman–Crippen LogP) is -0.0104. The Labute approximate surface area is 99.0 Å². The molecular formula is C12H16O5. The number of rotatable bonds is 6. The lowest BCUT2D eigenvalue weighted by atomic mass is 9.77. The van der Waals surface area contributed by atoms with Crippen molar-refractivity contribution in [3.8, 4) is 0 Å². The summed E-state index contributed by atoms with van der Waals surface area (Å²) in [5, 5.41) is 36.9. The molecule has 0 fully saturated rings. The van der Waals surface area contributed by atoms with E-state index in [1.165, 1.54) is 6.07 Å². The summed E-state index contributed by atoms with van der Waals surface area (Å²) < 4.78 is 0. The second-order valence-corrected chi connectivity index (χ2v) is 3.92. The van der Waals surface area contributed by atoms with Crippen molar-refractivity contribution in [3.63, 3.8) is 0 Å². The minimum atomic E-state index is -1.12. The standard InChI is InChI=1S/C12H16O5/c13-6-5-12(7-14,8-15)10-4-2-1-3-9(10)11(16)17/h1-4,13-15H,5-8H2,(H,16,17). The van der Waals surface area contributed by atoms with Crippen LogP contribution in [0.25, 0.3) is 0 Å². The van der Waals surface area contributed by atoms with Gasteiger partial charge in [-0.2, -0.15) is 0 Å². The number of carboxylic acids is 1. The molecule has 0 aliphatic heterocycles. The van der Waals surface area contributed by atoms with Crippen molar-refractivity contribution < 1.29 is 25.2 Å². The molecule has 94 valence electrons. The number of benzene rings is 1. The summed E-state index contributed by atoms with van der Waals surface area (Å²) in [5.74, 6) is -1.12. The van der Waals surface area contributed by atoms with Gasteiger partial charge in [-0.05, 0) is 18.1 Å². The van der Waals surface area contributed by atoms with Gasteiger partial charge in [0.05, 0.1) is 18.8 Å². The van der Waals surface area contributed by atoms with Crippen molar-refractivity contribution in [2.45, 2.75) is 11.8 Å². The Morgan fingerprint density at radius 1 is 1.12 bits per heavy atom. The van der Waals surface area contributed by atoms with Gasteiger partial charge >= 0.3 is 5.97 Å². The fourth-order valence-corrected chi connectivity index (χ4v) is 1.86. The number of aliphatic hydroxyl groups excluding tert-OH is 3. The maximum Gasteiger partial charge on any atom is 0.335 e. The molecule has 0 saturated carbocycles. The van der Waals surface area contributed by atoms with Crippen molar-refractivity contribution in [2.75, 3.05) is 19.8 Å². The highest BCUT2D eigenvalue weighted by Crippen LogP contribution is 2.30. The average molecular weight is 240 g/mol. The van der Waals surface area contributed by atoms with E-state index < -0.39 is 24.6 Å². The van der Waals surface area contributed by atoms with Crippen molar-refractivity contribution in [2.24, 2.45) is 0 Å². The summed E-state index contributed by atoms with van der Waals surface area (Å²) in [7, 11) is 0. The zero-order chi connectivity index (χ0) is 12.9. The van der Waals surface area contributed by atoms with Gasteiger partial charge in [-0.3, -0.25) is 0 Å². The number of carboxylic acid groups (broad SMARTS) is 1. The summed E-state index contributed by atoms with van der Waals surface area (Å²) >= 11 is 0. The van der Waals surface area contributed by atoms with Crippen LogP contribution in [0.15, 0.2) is 24.3 Å². The van der Waals surface area contributed by atoms with Gasteiger partial charge in [0.1, 0.15) is 0 Å². The van der Waals surface area contributed by atoms with Crippen LogP contribution in [0.1, 0.15) is 22.3 Å². The van der Waals surface area contributed by atoms with Crippen molar-refractivity contribution in [1.29, 1.82) is 0 Å². The quantitative estimate of drug-likeness (QED) is 0.560. The number of carbonyl (C=O) groups is 1. The zero-order valence-corrected chi connectivity index (χ0v) is 9.33. The van der Waals surface area contributed by atoms with Crippen molar-refractivity contribution in [1.82, 2.24) is 0 Å². The largest absolute Gasteiger partial charge is 0.478 e. The highest BCUT2D eigenvalue weighted by Gasteiger charge is 2.33. The normalized spacial score (nSPS) is 11.5. The molecule has 0 heterocycles. The van der Waals surface area contributed by atoms with Crippen LogP contribution in [-0.2, 0) is 5.41 Å². The number of hydrogen-bond acceptors (Lipinski definition) is 4. The summed E-state index contributed by atoms with van der Waals surface area (Å²) in [4.78, 5) is 11.1. The number of aromatic carboxylic acids is 1. The molecule has 0 atom stereocenters. The smallest absolute Gasteiger partial charge is 0.335 e. The van der Waals surface area contributed by atoms with E-state index in [4.69, 9.17) is 10.2 Å². The van der Waals surface area contributed by atoms with Crippen LogP contribution in [0.2, 0.25) is 0 Å². The van der Waals surface area contributed by atoms with Gasteiger partial charge in [-0.1, -0.05) is 18.2 Å². The molecule has 0 saturated heterocycles. The van der Waals surface area contributed by atoms with Gasteiger partial charge in [0.25, 0.3) is 0 Å². The SMILES string of the molecule is O=C(O)c1ccccc1C(CO)(CO)CCO. The maximum atomic E-state index is 11.1. The van der Waals surface area contributed by atoms with Crippen LogP contribution >= 0.6 is 0 Å². The Balaban J connectivity index is 3.31. The van der Waals surface area contributed by atoms with Gasteiger partial charge in [0.2, 0.25) is 0 Å². The van der Waals surface area contributed by atoms with Crippen LogP contribution in [0.3, 0.4) is 0 Å². The molecular weight excluding hydrogens is 224 g/mol. The second-order valence-electron chi connectivity index (χ2n) is 3.92. The minimum Gasteiger partial charge on any atom is -0.478 e. The number of hydrogen-bond donors (Lipinski definition) is 4. The third-order valence-corrected chi connectivity index (χ3v) is 2.92. The third kappa shape index (κ3) is 2.63. The Kier molecular flexibility index (Phi) is 4.62. The van der Waals surface area contributed by atoms with E-state index in [-0.39, 0.29) is 18.6 Å². The molecule has 0 bridgehead atoms. The van der Waals surface area contributed by atoms with Crippen molar-refractivity contribution in [3.05, 3.63) is 35.4 Å². The summed E-state index contributed by atoms with van der Waals surface area (Å²) in [6, 6.07) is 6.17. The second kappa shape index (κ2) is 5.77. The van der Waals surface area contributed by atoms with Gasteiger partial charge in [-0.15, -0.1) is 0 Å². The fourth-order valence-electron chi connectivity index (χ4n) is 1.86. The number of aliphatic hydroxyl groups is 3. The van der Waals surface area contributed by atoms with Gasteiger partial charge in [-0.25, -0.2) is 4.79 Å². The summed E-state index contributed by atoms with van der Waals surface area (Å²) in [5.41, 5.74) is -0.750. The van der Waals surface area contributed by atoms with Crippen LogP contribution in [0.4, 0.5) is 0 Å². The Morgan fingerprint density at radius 2 is 1.71 bits per heavy atom. The van der Waals surface area contributed by atoms with Gasteiger partial charge in [0, 0.05) is 12.0 Å². The molecule has 0 spiro atoms. The minimum absolute atomic E-state index is 0.0315. The predicted molar refractivity (Wildman–Crippen MR) is 61.0 cm³/mol. The van der Waals surface area contributed by atoms with Gasteiger partial charge < -0.3 is 20.4 Å². The molecule has 1 aromatic rings. The van der Waals surface area contributed by atoms with E-state index in [0.717, 1.165) is 0 Å². The molecule has 17 heavy (non-hydrogen) atoms. The molecule has 5 nitrogen and oxygen atoms in total. The summed E-state index contributed by atoms with van der Waals surface area (Å²) in [6.07, 6.45) is 0.101. The van der Waals surface area contributed by atoms with E-state index in [9.17, 15) is 15.0 Å². The first kappa shape index (κ1) is 13.6. The molecule has 5 heteroatoms. The molecule has 4 N–H and O–H groups in total. The molecule has 1 aromatic carbocycles. The first-order valence-corrected chi connectivity index (χ1v) is 5.26. The van der Waals surface area contributed by atoms with E-state index in [1.54, 1.807) is 18.2 Å². The summed E-state index contributed by atoms with van der Waals surface area (Å²) in [6.45, 7) is -1.09. The Morgan fingerprint density at radius 3 is 2.18 bits per heavy atom. The topological polar surface area (TPSA) is 98.0 Å². The molecule has 0 amide bonds. The molecule has 0 aliphatic rings. The zero-order valence-electron chi connectivity index (χ0n) is 9.33. The third-order valence-electron chi connectivity index (χ3n) is 2.92. The lowest BCUT2D eigenvalue weighted by molar-refractivity contribution is 0.0675. The maximum absolute atomic E-state index is 11.1. The monoisotopic (exact) mass is 240 g/mol. The molecule has 1 rings (SSSR count). The van der Waals surface area contributed by atoms with Crippen LogP contribution < -0.4 is 0 Å². The van der Waals surface area contributed by atoms with E-state index in [1.807, 2.05) is 0 Å². The van der Waals surface area contributed by atoms with E-state index in [0.29, 0.717) is 5.56 Å². The Bertz CT molecular complexity index is 384. The lowest BCUT2D eigenvalue weighted by Gasteiger charge is -2.30. The van der Waals surface area contributed by atoms with E-state index in [2.05, 4.69) is 0 Å².